The summed E-state index contributed by atoms with van der Waals surface area (Å²) >= 11 is 0. The average molecular weight is 890 g/mol. The van der Waals surface area contributed by atoms with Crippen molar-refractivity contribution in [3.63, 3.8) is 0 Å². The Labute approximate surface area is 401 Å². The minimum Gasteiger partial charge on any atom is -0.309 e. The van der Waals surface area contributed by atoms with Crippen LogP contribution in [-0.4, -0.2) is 24.1 Å². The highest BCUT2D eigenvalue weighted by Crippen LogP contribution is 2.46. The number of hydrogen-bond donors (Lipinski definition) is 0. The predicted octanol–water partition coefficient (Wildman–Crippen LogP) is 16.8. The molecule has 0 radical (unpaired) electrons. The van der Waals surface area contributed by atoms with E-state index in [1.165, 1.54) is 76.0 Å². The number of hydrogen-bond acceptors (Lipinski definition) is 3. The van der Waals surface area contributed by atoms with E-state index in [1.54, 1.807) is 0 Å². The van der Waals surface area contributed by atoms with Crippen molar-refractivity contribution in [1.82, 2.24) is 24.1 Å². The van der Waals surface area contributed by atoms with E-state index in [-0.39, 0.29) is 0 Å². The van der Waals surface area contributed by atoms with E-state index >= 15 is 0 Å². The second-order valence-corrected chi connectivity index (χ2v) is 18.3. The third kappa shape index (κ3) is 5.69. The summed E-state index contributed by atoms with van der Waals surface area (Å²) in [4.78, 5) is 15.7. The molecule has 0 aliphatic rings. The SMILES string of the molecule is c1ccc(-c2nc(-c3ccc4c(ccc5ccccc54)c3)nc(-c3ccc(-n4c5ccccc5c5c(-n6c7ccccc7c7c8ccccc8ccc76)c6ccccc6cc54)c4ccccc34)n2)cc1. The summed E-state index contributed by atoms with van der Waals surface area (Å²) in [5.41, 5.74) is 9.72. The summed E-state index contributed by atoms with van der Waals surface area (Å²) in [6.07, 6.45) is 0. The number of rotatable bonds is 5. The molecule has 5 nitrogen and oxygen atoms in total. The maximum absolute atomic E-state index is 5.32. The third-order valence-electron chi connectivity index (χ3n) is 14.5. The van der Waals surface area contributed by atoms with Crippen LogP contribution in [0.4, 0.5) is 0 Å². The molecule has 0 spiro atoms. The molecule has 0 aliphatic carbocycles. The fourth-order valence-corrected chi connectivity index (χ4v) is 11.4. The Morgan fingerprint density at radius 1 is 0.257 bits per heavy atom. The standard InChI is InChI=1S/C65H39N5/c1-2-18-42(19-3-1)63-66-64(45-32-34-47-44(38-45)31-30-40-16-4-7-21-46(40)47)68-65(67-63)52-35-37-57(51-25-11-10-24-50(51)52)69-55-28-14-13-27-54(55)61-59(69)39-43-20-6-9-23-49(43)62(61)70-56-29-15-12-26-53(56)60-48-22-8-5-17-41(48)33-36-58(60)70/h1-39H. The van der Waals surface area contributed by atoms with Crippen molar-refractivity contribution in [2.24, 2.45) is 0 Å². The minimum atomic E-state index is 0.625. The Kier molecular flexibility index (Phi) is 8.29. The normalized spacial score (nSPS) is 12.0. The van der Waals surface area contributed by atoms with Crippen molar-refractivity contribution < 1.29 is 0 Å². The predicted molar refractivity (Wildman–Crippen MR) is 292 cm³/mol. The zero-order chi connectivity index (χ0) is 45.9. The Hall–Kier alpha value is -9.45. The molecule has 3 heterocycles. The molecule has 0 saturated heterocycles. The van der Waals surface area contributed by atoms with Gasteiger partial charge in [-0.1, -0.05) is 194 Å². The molecule has 15 rings (SSSR count). The smallest absolute Gasteiger partial charge is 0.164 e. The van der Waals surface area contributed by atoms with E-state index in [2.05, 4.69) is 228 Å². The lowest BCUT2D eigenvalue weighted by atomic mass is 9.99. The Morgan fingerprint density at radius 3 is 1.57 bits per heavy atom. The lowest BCUT2D eigenvalue weighted by Crippen LogP contribution is -2.02. The maximum atomic E-state index is 5.32. The number of fused-ring (bicyclic) bond motifs is 13. The highest BCUT2D eigenvalue weighted by Gasteiger charge is 2.25. The van der Waals surface area contributed by atoms with Crippen LogP contribution in [0.2, 0.25) is 0 Å². The van der Waals surface area contributed by atoms with Gasteiger partial charge in [0, 0.05) is 49.0 Å². The summed E-state index contributed by atoms with van der Waals surface area (Å²) in [7, 11) is 0. The van der Waals surface area contributed by atoms with Gasteiger partial charge in [0.05, 0.1) is 33.4 Å². The van der Waals surface area contributed by atoms with Gasteiger partial charge >= 0.3 is 0 Å². The van der Waals surface area contributed by atoms with Crippen molar-refractivity contribution in [3.8, 4) is 45.5 Å². The van der Waals surface area contributed by atoms with Gasteiger partial charge in [0.25, 0.3) is 0 Å². The van der Waals surface area contributed by atoms with Crippen molar-refractivity contribution in [2.75, 3.05) is 0 Å². The van der Waals surface area contributed by atoms with Crippen LogP contribution in [0.1, 0.15) is 0 Å². The van der Waals surface area contributed by atoms with Gasteiger partial charge in [-0.05, 0) is 85.6 Å². The molecule has 0 atom stereocenters. The van der Waals surface area contributed by atoms with E-state index in [0.29, 0.717) is 17.5 Å². The first kappa shape index (κ1) is 38.6. The Balaban J connectivity index is 0.985. The van der Waals surface area contributed by atoms with Gasteiger partial charge in [0.15, 0.2) is 17.5 Å². The number of aromatic nitrogens is 5. The fourth-order valence-electron chi connectivity index (χ4n) is 11.4. The van der Waals surface area contributed by atoms with E-state index in [1.807, 2.05) is 18.2 Å². The fraction of sp³-hybridized carbons (Fsp3) is 0. The zero-order valence-electron chi connectivity index (χ0n) is 37.8. The van der Waals surface area contributed by atoms with Gasteiger partial charge in [0.1, 0.15) is 0 Å². The topological polar surface area (TPSA) is 48.5 Å². The molecule has 0 amide bonds. The molecule has 5 heteroatoms. The van der Waals surface area contributed by atoms with Crippen molar-refractivity contribution in [2.45, 2.75) is 0 Å². The van der Waals surface area contributed by atoms with Crippen LogP contribution < -0.4 is 0 Å². The molecule has 0 unspecified atom stereocenters. The van der Waals surface area contributed by atoms with Crippen molar-refractivity contribution >= 4 is 97.5 Å². The largest absolute Gasteiger partial charge is 0.309 e. The first-order valence-electron chi connectivity index (χ1n) is 23.9. The van der Waals surface area contributed by atoms with Gasteiger partial charge in [-0.2, -0.15) is 0 Å². The number of nitrogens with zero attached hydrogens (tertiary/aromatic N) is 5. The summed E-state index contributed by atoms with van der Waals surface area (Å²) in [5, 5.41) is 16.7. The highest BCUT2D eigenvalue weighted by atomic mass is 15.0. The van der Waals surface area contributed by atoms with E-state index in [0.717, 1.165) is 49.6 Å². The molecule has 70 heavy (non-hydrogen) atoms. The lowest BCUT2D eigenvalue weighted by molar-refractivity contribution is 1.08. The maximum Gasteiger partial charge on any atom is 0.164 e. The lowest BCUT2D eigenvalue weighted by Gasteiger charge is -2.17. The van der Waals surface area contributed by atoms with Crippen LogP contribution in [0.3, 0.4) is 0 Å². The first-order chi connectivity index (χ1) is 34.7. The molecule has 0 aliphatic heterocycles. The quantitative estimate of drug-likeness (QED) is 0.162. The van der Waals surface area contributed by atoms with E-state index < -0.39 is 0 Å². The van der Waals surface area contributed by atoms with Gasteiger partial charge < -0.3 is 9.13 Å². The summed E-state index contributed by atoms with van der Waals surface area (Å²) in [5.74, 6) is 1.89. The molecule has 0 saturated carbocycles. The molecular weight excluding hydrogens is 851 g/mol. The van der Waals surface area contributed by atoms with Crippen molar-refractivity contribution in [1.29, 1.82) is 0 Å². The van der Waals surface area contributed by atoms with Crippen LogP contribution >= 0.6 is 0 Å². The molecule has 324 valence electrons. The van der Waals surface area contributed by atoms with Crippen LogP contribution in [-0.2, 0) is 0 Å². The van der Waals surface area contributed by atoms with Gasteiger partial charge in [-0.15, -0.1) is 0 Å². The second kappa shape index (κ2) is 15.0. The second-order valence-electron chi connectivity index (χ2n) is 18.3. The Bertz CT molecular complexity index is 4660. The molecule has 0 fully saturated rings. The molecule has 12 aromatic carbocycles. The molecule has 0 bridgehead atoms. The van der Waals surface area contributed by atoms with E-state index in [4.69, 9.17) is 15.0 Å². The van der Waals surface area contributed by atoms with Crippen LogP contribution in [0.15, 0.2) is 237 Å². The molecule has 3 aromatic heterocycles. The zero-order valence-corrected chi connectivity index (χ0v) is 37.8. The number of para-hydroxylation sites is 2. The molecular formula is C65H39N5. The Morgan fingerprint density at radius 2 is 0.786 bits per heavy atom. The van der Waals surface area contributed by atoms with Gasteiger partial charge in [-0.3, -0.25) is 0 Å². The van der Waals surface area contributed by atoms with E-state index in [9.17, 15) is 0 Å². The summed E-state index contributed by atoms with van der Waals surface area (Å²) in [6, 6.07) is 85.3. The molecule has 15 aromatic rings. The van der Waals surface area contributed by atoms with Gasteiger partial charge in [-0.25, -0.2) is 15.0 Å². The molecule has 0 N–H and O–H groups in total. The van der Waals surface area contributed by atoms with Crippen LogP contribution in [0.25, 0.3) is 143 Å². The first-order valence-corrected chi connectivity index (χ1v) is 23.9. The third-order valence-corrected chi connectivity index (χ3v) is 14.5. The van der Waals surface area contributed by atoms with Crippen LogP contribution in [0.5, 0.6) is 0 Å². The van der Waals surface area contributed by atoms with Crippen molar-refractivity contribution in [3.05, 3.63) is 237 Å². The highest BCUT2D eigenvalue weighted by molar-refractivity contribution is 6.26. The van der Waals surface area contributed by atoms with Crippen LogP contribution in [0, 0.1) is 0 Å². The van der Waals surface area contributed by atoms with Gasteiger partial charge in [0.2, 0.25) is 0 Å². The summed E-state index contributed by atoms with van der Waals surface area (Å²) < 4.78 is 5.00. The minimum absolute atomic E-state index is 0.625. The number of benzene rings is 12. The summed E-state index contributed by atoms with van der Waals surface area (Å²) in [6.45, 7) is 0. The average Bonchev–Trinajstić information content (AvgIpc) is 3.94. The monoisotopic (exact) mass is 889 g/mol.